The van der Waals surface area contributed by atoms with E-state index in [1.807, 2.05) is 26.0 Å². The lowest BCUT2D eigenvalue weighted by molar-refractivity contribution is -0.169. The monoisotopic (exact) mass is 529 g/mol. The second-order valence-corrected chi connectivity index (χ2v) is 15.5. The summed E-state index contributed by atoms with van der Waals surface area (Å²) in [6.07, 6.45) is 13.4. The topological polar surface area (TPSA) is 77.4 Å². The number of carbonyl (C=O) groups is 2. The van der Waals surface area contributed by atoms with E-state index in [2.05, 4.69) is 49.7 Å². The number of fused-ring (bicyclic) bond motifs is 7. The molecule has 0 saturated heterocycles. The van der Waals surface area contributed by atoms with Crippen molar-refractivity contribution in [2.24, 2.45) is 50.2 Å². The SMILES string of the molecule is [C-]#[N+]C1=C[C@]2(C)C3=CC(=O)[C@@H]4[C@@H]5C[C@@](C)(Cc6nnco6)CC[C@]5(C)CC[C@@]4(C)[C@]3(C)CC[C@H]2C(C)(C)C1=O. The Morgan fingerprint density at radius 3 is 2.41 bits per heavy atom. The first-order chi connectivity index (χ1) is 18.1. The van der Waals surface area contributed by atoms with Crippen molar-refractivity contribution >= 4 is 11.6 Å². The van der Waals surface area contributed by atoms with Gasteiger partial charge in [-0.3, -0.25) is 4.79 Å². The Balaban J connectivity index is 1.45. The van der Waals surface area contributed by atoms with E-state index in [0.717, 1.165) is 51.4 Å². The zero-order chi connectivity index (χ0) is 28.2. The molecule has 0 spiro atoms. The van der Waals surface area contributed by atoms with Crippen molar-refractivity contribution in [1.29, 1.82) is 0 Å². The first kappa shape index (κ1) is 26.7. The summed E-state index contributed by atoms with van der Waals surface area (Å²) in [5.41, 5.74) is 0.128. The first-order valence-corrected chi connectivity index (χ1v) is 14.8. The number of Topliss-reactive ketones (excluding diaryl/α,β-unsaturated/α-hetero) is 1. The van der Waals surface area contributed by atoms with Gasteiger partial charge in [-0.1, -0.05) is 60.1 Å². The second kappa shape index (κ2) is 8.02. The number of hydrogen-bond acceptors (Lipinski definition) is 5. The number of nitrogens with zero attached hydrogens (tertiary/aromatic N) is 3. The molecule has 3 fully saturated rings. The van der Waals surface area contributed by atoms with Crippen LogP contribution in [0.4, 0.5) is 0 Å². The van der Waals surface area contributed by atoms with Gasteiger partial charge in [0.05, 0.1) is 6.57 Å². The Labute approximate surface area is 232 Å². The molecular weight excluding hydrogens is 486 g/mol. The normalized spacial score (nSPS) is 46.6. The van der Waals surface area contributed by atoms with Crippen LogP contribution in [0.15, 0.2) is 34.2 Å². The molecule has 5 aliphatic carbocycles. The molecule has 1 heterocycles. The van der Waals surface area contributed by atoms with E-state index in [9.17, 15) is 9.59 Å². The summed E-state index contributed by atoms with van der Waals surface area (Å²) in [5.74, 6) is 1.24. The van der Waals surface area contributed by atoms with Gasteiger partial charge in [0.25, 0.3) is 0 Å². The summed E-state index contributed by atoms with van der Waals surface area (Å²) in [5, 5.41) is 8.08. The first-order valence-electron chi connectivity index (χ1n) is 14.8. The molecule has 6 nitrogen and oxygen atoms in total. The fraction of sp³-hybridized carbons (Fsp3) is 0.727. The van der Waals surface area contributed by atoms with Crippen LogP contribution in [0.2, 0.25) is 0 Å². The molecular formula is C33H43N3O3. The largest absolute Gasteiger partial charge is 0.428 e. The molecule has 0 amide bonds. The summed E-state index contributed by atoms with van der Waals surface area (Å²) in [4.78, 5) is 31.4. The minimum absolute atomic E-state index is 0.0187. The lowest BCUT2D eigenvalue weighted by atomic mass is 9.34. The van der Waals surface area contributed by atoms with Crippen molar-refractivity contribution in [2.45, 2.75) is 99.8 Å². The minimum atomic E-state index is -0.628. The maximum Gasteiger partial charge on any atom is 0.226 e. The molecule has 0 unspecified atom stereocenters. The molecule has 0 aliphatic heterocycles. The van der Waals surface area contributed by atoms with Gasteiger partial charge in [0.2, 0.25) is 18.0 Å². The highest BCUT2D eigenvalue weighted by Gasteiger charge is 2.69. The Bertz CT molecular complexity index is 1350. The second-order valence-electron chi connectivity index (χ2n) is 15.5. The van der Waals surface area contributed by atoms with Gasteiger partial charge >= 0.3 is 0 Å². The lowest BCUT2D eigenvalue weighted by Gasteiger charge is -2.69. The summed E-state index contributed by atoms with van der Waals surface area (Å²) in [6, 6.07) is 0. The van der Waals surface area contributed by atoms with Gasteiger partial charge in [-0.2, -0.15) is 0 Å². The van der Waals surface area contributed by atoms with Crippen LogP contribution in [-0.2, 0) is 16.0 Å². The van der Waals surface area contributed by atoms with Crippen molar-refractivity contribution in [3.05, 3.63) is 47.1 Å². The number of ketones is 2. The molecule has 0 radical (unpaired) electrons. The predicted octanol–water partition coefficient (Wildman–Crippen LogP) is 7.18. The van der Waals surface area contributed by atoms with Gasteiger partial charge < -0.3 is 9.21 Å². The molecule has 0 N–H and O–H groups in total. The zero-order valence-corrected chi connectivity index (χ0v) is 24.7. The molecule has 8 atom stereocenters. The summed E-state index contributed by atoms with van der Waals surface area (Å²) >= 11 is 0. The molecule has 0 aromatic carbocycles. The zero-order valence-electron chi connectivity index (χ0n) is 24.7. The number of carbonyl (C=O) groups excluding carboxylic acids is 2. The van der Waals surface area contributed by atoms with Crippen LogP contribution in [0.3, 0.4) is 0 Å². The van der Waals surface area contributed by atoms with Crippen molar-refractivity contribution in [3.63, 3.8) is 0 Å². The van der Waals surface area contributed by atoms with E-state index in [4.69, 9.17) is 11.0 Å². The summed E-state index contributed by atoms with van der Waals surface area (Å²) in [6.45, 7) is 23.5. The molecule has 5 aliphatic rings. The standard InChI is InChI=1S/C33H43N3O3/c1-28(2)23-9-10-32(6)24(31(23,5)17-21(34-8)27(28)38)15-22(37)26-20-16-29(3,18-25-36-35-19-39-25)11-12-30(20,4)13-14-33(26,32)7/h15,17,19-20,23,26H,9-14,16,18H2,1-7H3/t20-,23-,26-,29-,30+,31-,32+,33+/m0/s1. The highest BCUT2D eigenvalue weighted by molar-refractivity contribution is 6.03. The average molecular weight is 530 g/mol. The Morgan fingerprint density at radius 2 is 1.74 bits per heavy atom. The minimum Gasteiger partial charge on any atom is -0.428 e. The van der Waals surface area contributed by atoms with E-state index in [1.54, 1.807) is 0 Å². The van der Waals surface area contributed by atoms with E-state index >= 15 is 0 Å². The van der Waals surface area contributed by atoms with Crippen LogP contribution in [0.25, 0.3) is 4.85 Å². The van der Waals surface area contributed by atoms with Gasteiger partial charge in [-0.05, 0) is 84.5 Å². The van der Waals surface area contributed by atoms with Crippen LogP contribution < -0.4 is 0 Å². The molecule has 1 aromatic heterocycles. The number of allylic oxidation sites excluding steroid dienone is 4. The van der Waals surface area contributed by atoms with Gasteiger partial charge in [0.1, 0.15) is 0 Å². The van der Waals surface area contributed by atoms with Gasteiger partial charge in [0.15, 0.2) is 11.6 Å². The maximum atomic E-state index is 14.5. The maximum absolute atomic E-state index is 14.5. The van der Waals surface area contributed by atoms with Crippen molar-refractivity contribution in [3.8, 4) is 0 Å². The number of hydrogen-bond donors (Lipinski definition) is 0. The average Bonchev–Trinajstić information content (AvgIpc) is 3.37. The quantitative estimate of drug-likeness (QED) is 0.379. The Morgan fingerprint density at radius 1 is 1.03 bits per heavy atom. The number of aromatic nitrogens is 2. The van der Waals surface area contributed by atoms with E-state index < -0.39 is 10.8 Å². The smallest absolute Gasteiger partial charge is 0.226 e. The number of rotatable bonds is 2. The van der Waals surface area contributed by atoms with E-state index in [1.165, 1.54) is 12.0 Å². The third-order valence-corrected chi connectivity index (χ3v) is 13.1. The molecule has 6 rings (SSSR count). The Hall–Kier alpha value is -2.55. The van der Waals surface area contributed by atoms with E-state index in [-0.39, 0.29) is 50.8 Å². The molecule has 0 bridgehead atoms. The van der Waals surface area contributed by atoms with Crippen LogP contribution in [0.5, 0.6) is 0 Å². The van der Waals surface area contributed by atoms with Gasteiger partial charge in [0, 0.05) is 23.2 Å². The predicted molar refractivity (Wildman–Crippen MR) is 148 cm³/mol. The molecule has 39 heavy (non-hydrogen) atoms. The van der Waals surface area contributed by atoms with Crippen LogP contribution in [0.1, 0.15) is 99.3 Å². The molecule has 1 aromatic rings. The van der Waals surface area contributed by atoms with Crippen LogP contribution in [-0.4, -0.2) is 21.8 Å². The summed E-state index contributed by atoms with van der Waals surface area (Å²) < 4.78 is 5.55. The molecule has 208 valence electrons. The van der Waals surface area contributed by atoms with Crippen molar-refractivity contribution in [2.75, 3.05) is 0 Å². The van der Waals surface area contributed by atoms with Gasteiger partial charge in [-0.15, -0.1) is 10.2 Å². The van der Waals surface area contributed by atoms with Crippen molar-refractivity contribution < 1.29 is 14.0 Å². The fourth-order valence-electron chi connectivity index (χ4n) is 10.6. The van der Waals surface area contributed by atoms with Crippen molar-refractivity contribution in [1.82, 2.24) is 10.2 Å². The molecule has 3 saturated carbocycles. The summed E-state index contributed by atoms with van der Waals surface area (Å²) in [7, 11) is 0. The molecule has 6 heteroatoms. The lowest BCUT2D eigenvalue weighted by Crippen LogP contribution is -2.64. The highest BCUT2D eigenvalue weighted by atomic mass is 16.4. The Kier molecular flexibility index (Phi) is 5.48. The van der Waals surface area contributed by atoms with Crippen LogP contribution in [0, 0.1) is 56.8 Å². The van der Waals surface area contributed by atoms with E-state index in [0.29, 0.717) is 11.8 Å². The highest BCUT2D eigenvalue weighted by Crippen LogP contribution is 2.74. The third-order valence-electron chi connectivity index (χ3n) is 13.1. The fourth-order valence-corrected chi connectivity index (χ4v) is 10.6. The van der Waals surface area contributed by atoms with Gasteiger partial charge in [-0.25, -0.2) is 4.85 Å². The third kappa shape index (κ3) is 3.37. The van der Waals surface area contributed by atoms with Crippen LogP contribution >= 0.6 is 0 Å².